The number of hydrogen-bond acceptors (Lipinski definition) is 3. The quantitative estimate of drug-likeness (QED) is 0.402. The molecule has 1 rings (SSSR count). The van der Waals surface area contributed by atoms with Crippen molar-refractivity contribution in [2.24, 2.45) is 15.9 Å². The van der Waals surface area contributed by atoms with Crippen LogP contribution in [0.25, 0.3) is 0 Å². The van der Waals surface area contributed by atoms with Crippen LogP contribution in [-0.2, 0) is 16.6 Å². The van der Waals surface area contributed by atoms with Crippen molar-refractivity contribution in [3.63, 3.8) is 0 Å². The van der Waals surface area contributed by atoms with Gasteiger partial charge in [-0.05, 0) is 24.1 Å². The molecule has 0 saturated carbocycles. The van der Waals surface area contributed by atoms with Crippen LogP contribution in [0, 0.1) is 0 Å². The predicted molar refractivity (Wildman–Crippen MR) is 76.1 cm³/mol. The molecule has 0 amide bonds. The lowest BCUT2D eigenvalue weighted by atomic mass is 10.2. The summed E-state index contributed by atoms with van der Waals surface area (Å²) in [6.07, 6.45) is 2.13. The number of nitrogens with two attached hydrogens (primary N) is 2. The van der Waals surface area contributed by atoms with Gasteiger partial charge in [0.1, 0.15) is 0 Å². The highest BCUT2D eigenvalue weighted by Gasteiger charge is 2.06. The molecule has 0 fully saturated rings. The minimum atomic E-state index is -3.64. The lowest BCUT2D eigenvalue weighted by molar-refractivity contribution is 0.598. The largest absolute Gasteiger partial charge is 0.370 e. The van der Waals surface area contributed by atoms with Crippen molar-refractivity contribution in [3.8, 4) is 0 Å². The molecule has 6 nitrogen and oxygen atoms in total. The zero-order chi connectivity index (χ0) is 14.3. The Kier molecular flexibility index (Phi) is 5.78. The molecule has 5 N–H and O–H groups in total. The minimum absolute atomic E-state index is 0.0919. The summed E-state index contributed by atoms with van der Waals surface area (Å²) in [4.78, 5) is 4.25. The van der Waals surface area contributed by atoms with Gasteiger partial charge in [0.25, 0.3) is 0 Å². The normalized spacial score (nSPS) is 12.4. The number of nitrogens with zero attached hydrogens (tertiary/aromatic N) is 1. The number of primary sulfonamides is 1. The van der Waals surface area contributed by atoms with Crippen LogP contribution < -0.4 is 16.2 Å². The molecule has 0 heterocycles. The van der Waals surface area contributed by atoms with Crippen LogP contribution in [-0.4, -0.2) is 20.9 Å². The molecule has 0 unspecified atom stereocenters. The molecule has 19 heavy (non-hydrogen) atoms. The summed E-state index contributed by atoms with van der Waals surface area (Å²) >= 11 is 0. The number of unbranched alkanes of at least 4 members (excludes halogenated alkanes) is 1. The van der Waals surface area contributed by atoms with E-state index < -0.39 is 10.0 Å². The Hall–Kier alpha value is -1.60. The van der Waals surface area contributed by atoms with E-state index in [1.165, 1.54) is 12.1 Å². The van der Waals surface area contributed by atoms with E-state index in [4.69, 9.17) is 10.9 Å². The number of guanidine groups is 1. The fourth-order valence-corrected chi connectivity index (χ4v) is 1.93. The number of sulfonamides is 1. The van der Waals surface area contributed by atoms with Crippen molar-refractivity contribution in [1.82, 2.24) is 5.32 Å². The van der Waals surface area contributed by atoms with Crippen LogP contribution in [0.15, 0.2) is 34.2 Å². The first kappa shape index (κ1) is 15.5. The van der Waals surface area contributed by atoms with Crippen molar-refractivity contribution in [1.29, 1.82) is 0 Å². The molecule has 0 bridgehead atoms. The maximum atomic E-state index is 11.1. The molecule has 0 aliphatic carbocycles. The van der Waals surface area contributed by atoms with Gasteiger partial charge in [0, 0.05) is 6.54 Å². The van der Waals surface area contributed by atoms with Gasteiger partial charge in [0.15, 0.2) is 5.96 Å². The van der Waals surface area contributed by atoms with Crippen LogP contribution in [0.5, 0.6) is 0 Å². The predicted octanol–water partition coefficient (Wildman–Crippen LogP) is 0.538. The third-order valence-electron chi connectivity index (χ3n) is 2.52. The average Bonchev–Trinajstić information content (AvgIpc) is 2.36. The van der Waals surface area contributed by atoms with E-state index in [1.54, 1.807) is 12.1 Å². The molecule has 0 aromatic heterocycles. The van der Waals surface area contributed by atoms with Crippen LogP contribution >= 0.6 is 0 Å². The molecular formula is C12H20N4O2S. The number of hydrogen-bond donors (Lipinski definition) is 3. The van der Waals surface area contributed by atoms with E-state index in [-0.39, 0.29) is 4.90 Å². The smallest absolute Gasteiger partial charge is 0.238 e. The van der Waals surface area contributed by atoms with E-state index in [9.17, 15) is 8.42 Å². The highest BCUT2D eigenvalue weighted by atomic mass is 32.2. The van der Waals surface area contributed by atoms with Crippen molar-refractivity contribution >= 4 is 16.0 Å². The molecular weight excluding hydrogens is 264 g/mol. The first-order chi connectivity index (χ1) is 8.93. The second-order valence-electron chi connectivity index (χ2n) is 4.17. The molecule has 106 valence electrons. The lowest BCUT2D eigenvalue weighted by Gasteiger charge is -2.04. The standard InChI is InChI=1S/C12H20N4O2S/c1-2-3-8-15-12(13)16-9-10-4-6-11(7-5-10)19(14,17)18/h4-7H,2-3,8-9H2,1H3,(H3,13,15,16)(H2,14,17,18). The first-order valence-corrected chi connectivity index (χ1v) is 7.63. The fraction of sp³-hybridized carbons (Fsp3) is 0.417. The molecule has 1 aromatic rings. The number of benzene rings is 1. The maximum absolute atomic E-state index is 11.1. The Bertz CT molecular complexity index is 523. The highest BCUT2D eigenvalue weighted by molar-refractivity contribution is 7.89. The van der Waals surface area contributed by atoms with Gasteiger partial charge in [-0.15, -0.1) is 0 Å². The van der Waals surface area contributed by atoms with Gasteiger partial charge >= 0.3 is 0 Å². The van der Waals surface area contributed by atoms with Crippen molar-refractivity contribution < 1.29 is 8.42 Å². The average molecular weight is 284 g/mol. The molecule has 0 spiro atoms. The summed E-state index contributed by atoms with van der Waals surface area (Å²) in [6, 6.07) is 6.26. The number of rotatable bonds is 6. The maximum Gasteiger partial charge on any atom is 0.238 e. The van der Waals surface area contributed by atoms with E-state index in [0.717, 1.165) is 24.9 Å². The lowest BCUT2D eigenvalue weighted by Crippen LogP contribution is -2.32. The summed E-state index contributed by atoms with van der Waals surface area (Å²) in [5.74, 6) is 0.393. The minimum Gasteiger partial charge on any atom is -0.370 e. The second kappa shape index (κ2) is 7.10. The second-order valence-corrected chi connectivity index (χ2v) is 5.73. The van der Waals surface area contributed by atoms with Gasteiger partial charge in [-0.25, -0.2) is 18.5 Å². The summed E-state index contributed by atoms with van der Waals surface area (Å²) in [7, 11) is -3.64. The molecule has 0 radical (unpaired) electrons. The van der Waals surface area contributed by atoms with Crippen molar-refractivity contribution in [3.05, 3.63) is 29.8 Å². The zero-order valence-corrected chi connectivity index (χ0v) is 11.8. The molecule has 0 saturated heterocycles. The monoisotopic (exact) mass is 284 g/mol. The van der Waals surface area contributed by atoms with E-state index in [1.807, 2.05) is 0 Å². The Morgan fingerprint density at radius 1 is 1.32 bits per heavy atom. The van der Waals surface area contributed by atoms with Crippen molar-refractivity contribution in [2.75, 3.05) is 6.54 Å². The topological polar surface area (TPSA) is 111 Å². The summed E-state index contributed by atoms with van der Waals surface area (Å²) in [6.45, 7) is 3.30. The van der Waals surface area contributed by atoms with Crippen LogP contribution in [0.1, 0.15) is 25.3 Å². The van der Waals surface area contributed by atoms with Gasteiger partial charge in [-0.1, -0.05) is 25.5 Å². The number of aliphatic imine (C=N–C) groups is 1. The summed E-state index contributed by atoms with van der Waals surface area (Å²) < 4.78 is 22.2. The molecule has 7 heteroatoms. The van der Waals surface area contributed by atoms with Crippen molar-refractivity contribution in [2.45, 2.75) is 31.2 Å². The summed E-state index contributed by atoms with van der Waals surface area (Å²) in [5.41, 5.74) is 6.55. The van der Waals surface area contributed by atoms with Gasteiger partial charge in [-0.2, -0.15) is 0 Å². The van der Waals surface area contributed by atoms with E-state index >= 15 is 0 Å². The fourth-order valence-electron chi connectivity index (χ4n) is 1.41. The third kappa shape index (κ3) is 5.71. The SMILES string of the molecule is CCCCNC(N)=NCc1ccc(S(N)(=O)=O)cc1. The van der Waals surface area contributed by atoms with Gasteiger partial charge in [0.2, 0.25) is 10.0 Å². The molecule has 0 aliphatic rings. The molecule has 0 aliphatic heterocycles. The van der Waals surface area contributed by atoms with Gasteiger partial charge in [-0.3, -0.25) is 0 Å². The van der Waals surface area contributed by atoms with E-state index in [0.29, 0.717) is 12.5 Å². The Balaban J connectivity index is 2.56. The third-order valence-corrected chi connectivity index (χ3v) is 3.45. The Labute approximate surface area is 114 Å². The zero-order valence-electron chi connectivity index (χ0n) is 11.0. The number of nitrogens with one attached hydrogen (secondary N) is 1. The molecule has 1 aromatic carbocycles. The van der Waals surface area contributed by atoms with Gasteiger partial charge in [0.05, 0.1) is 11.4 Å². The Morgan fingerprint density at radius 2 is 1.95 bits per heavy atom. The van der Waals surface area contributed by atoms with Gasteiger partial charge < -0.3 is 11.1 Å². The Morgan fingerprint density at radius 3 is 2.47 bits per heavy atom. The first-order valence-electron chi connectivity index (χ1n) is 6.09. The summed E-state index contributed by atoms with van der Waals surface area (Å²) in [5, 5.41) is 8.01. The van der Waals surface area contributed by atoms with Crippen LogP contribution in [0.3, 0.4) is 0 Å². The van der Waals surface area contributed by atoms with Crippen LogP contribution in [0.2, 0.25) is 0 Å². The van der Waals surface area contributed by atoms with Crippen LogP contribution in [0.4, 0.5) is 0 Å². The highest BCUT2D eigenvalue weighted by Crippen LogP contribution is 2.09. The van der Waals surface area contributed by atoms with E-state index in [2.05, 4.69) is 17.2 Å². The molecule has 0 atom stereocenters.